The van der Waals surface area contributed by atoms with Gasteiger partial charge in [-0.3, -0.25) is 9.59 Å². The van der Waals surface area contributed by atoms with Crippen LogP contribution in [0.15, 0.2) is 0 Å². The fraction of sp³-hybridized carbons (Fsp3) is 0.952. The minimum atomic E-state index is -0.559. The van der Waals surface area contributed by atoms with Gasteiger partial charge in [0.2, 0.25) is 0 Å². The molecule has 0 aliphatic heterocycles. The van der Waals surface area contributed by atoms with Gasteiger partial charge in [-0.2, -0.15) is 0 Å². The van der Waals surface area contributed by atoms with Crippen molar-refractivity contribution in [2.45, 2.75) is 196 Å². The molecule has 50 heavy (non-hydrogen) atoms. The van der Waals surface area contributed by atoms with Crippen LogP contribution in [-0.4, -0.2) is 64.2 Å². The highest BCUT2D eigenvalue weighted by Crippen LogP contribution is 2.19. The fourth-order valence-electron chi connectivity index (χ4n) is 5.86. The summed E-state index contributed by atoms with van der Waals surface area (Å²) in [4.78, 5) is 25.3. The summed E-state index contributed by atoms with van der Waals surface area (Å²) in [7, 11) is 0. The molecule has 0 aliphatic carbocycles. The summed E-state index contributed by atoms with van der Waals surface area (Å²) in [6.45, 7) is 20.2. The molecule has 0 amide bonds. The van der Waals surface area contributed by atoms with E-state index in [0.717, 1.165) is 51.4 Å². The van der Waals surface area contributed by atoms with Crippen LogP contribution in [0.1, 0.15) is 184 Å². The second kappa shape index (κ2) is 34.8. The standard InChI is InChI=1S/C42H82O8/c1-9-17-23-35(13-5)29-47-41(48-30-36(14-6)24-18-10-2)33-45-39(43)27-21-22-28-40(44)46-34-42(49-31-37(15-7)25-19-11-3)50-32-38(16-8)26-20-12-4/h35-38,41-42H,9-34H2,1-8H3. The summed E-state index contributed by atoms with van der Waals surface area (Å²) in [5, 5.41) is 0. The molecule has 4 atom stereocenters. The first kappa shape index (κ1) is 48.8. The predicted octanol–water partition coefficient (Wildman–Crippen LogP) is 11.2. The molecular weight excluding hydrogens is 632 g/mol. The Labute approximate surface area is 309 Å². The normalized spacial score (nSPS) is 15.3. The van der Waals surface area contributed by atoms with Crippen molar-refractivity contribution in [2.24, 2.45) is 23.7 Å². The summed E-state index contributed by atoms with van der Waals surface area (Å²) in [5.41, 5.74) is 0. The third kappa shape index (κ3) is 27.4. The predicted molar refractivity (Wildman–Crippen MR) is 205 cm³/mol. The Morgan fingerprint density at radius 3 is 0.860 bits per heavy atom. The van der Waals surface area contributed by atoms with E-state index in [9.17, 15) is 9.59 Å². The Bertz CT molecular complexity index is 660. The average molecular weight is 715 g/mol. The number of esters is 2. The van der Waals surface area contributed by atoms with Crippen LogP contribution in [0.5, 0.6) is 0 Å². The van der Waals surface area contributed by atoms with Gasteiger partial charge in [-0.1, -0.05) is 132 Å². The first-order chi connectivity index (χ1) is 24.3. The zero-order valence-electron chi connectivity index (χ0n) is 34.1. The lowest BCUT2D eigenvalue weighted by Crippen LogP contribution is -2.29. The molecule has 0 aliphatic rings. The zero-order chi connectivity index (χ0) is 37.2. The van der Waals surface area contributed by atoms with Gasteiger partial charge in [-0.25, -0.2) is 0 Å². The van der Waals surface area contributed by atoms with Crippen molar-refractivity contribution in [1.82, 2.24) is 0 Å². The van der Waals surface area contributed by atoms with Crippen molar-refractivity contribution in [1.29, 1.82) is 0 Å². The lowest BCUT2D eigenvalue weighted by atomic mass is 10.0. The minimum absolute atomic E-state index is 0.0886. The Kier molecular flexibility index (Phi) is 34.0. The molecule has 0 fully saturated rings. The molecule has 0 N–H and O–H groups in total. The van der Waals surface area contributed by atoms with Gasteiger partial charge in [0.05, 0.1) is 26.4 Å². The van der Waals surface area contributed by atoms with Crippen LogP contribution in [0.25, 0.3) is 0 Å². The van der Waals surface area contributed by atoms with Gasteiger partial charge < -0.3 is 28.4 Å². The van der Waals surface area contributed by atoms with E-state index in [1.54, 1.807) is 0 Å². The maximum atomic E-state index is 12.6. The second-order valence-electron chi connectivity index (χ2n) is 14.4. The summed E-state index contributed by atoms with van der Waals surface area (Å²) in [6.07, 6.45) is 18.6. The molecule has 8 nitrogen and oxygen atoms in total. The van der Waals surface area contributed by atoms with E-state index >= 15 is 0 Å². The number of carbonyl (C=O) groups is 2. The molecule has 0 saturated carbocycles. The Hall–Kier alpha value is -1.22. The maximum Gasteiger partial charge on any atom is 0.305 e. The monoisotopic (exact) mass is 715 g/mol. The van der Waals surface area contributed by atoms with Crippen LogP contribution in [0, 0.1) is 23.7 Å². The summed E-state index contributed by atoms with van der Waals surface area (Å²) >= 11 is 0. The molecule has 0 aromatic heterocycles. The first-order valence-corrected chi connectivity index (χ1v) is 21.1. The van der Waals surface area contributed by atoms with Gasteiger partial charge in [-0.15, -0.1) is 0 Å². The van der Waals surface area contributed by atoms with Crippen molar-refractivity contribution in [2.75, 3.05) is 39.6 Å². The molecule has 0 radical (unpaired) electrons. The number of hydrogen-bond donors (Lipinski definition) is 0. The van der Waals surface area contributed by atoms with Crippen LogP contribution < -0.4 is 0 Å². The van der Waals surface area contributed by atoms with E-state index in [1.165, 1.54) is 51.4 Å². The SMILES string of the molecule is CCCCC(CC)COC(COC(=O)CCCCC(=O)OCC(OCC(CC)CCCC)OCC(CC)CCCC)OCC(CC)CCCC. The number of unbranched alkanes of at least 4 members (excludes halogenated alkanes) is 5. The lowest BCUT2D eigenvalue weighted by Gasteiger charge is -2.24. The third-order valence-electron chi connectivity index (χ3n) is 10.0. The number of carbonyl (C=O) groups excluding carboxylic acids is 2. The Balaban J connectivity index is 4.81. The quantitative estimate of drug-likeness (QED) is 0.0357. The van der Waals surface area contributed by atoms with Crippen LogP contribution in [0.4, 0.5) is 0 Å². The average Bonchev–Trinajstić information content (AvgIpc) is 3.13. The highest BCUT2D eigenvalue weighted by molar-refractivity contribution is 5.70. The topological polar surface area (TPSA) is 89.5 Å². The van der Waals surface area contributed by atoms with Crippen molar-refractivity contribution in [3.63, 3.8) is 0 Å². The van der Waals surface area contributed by atoms with Gasteiger partial charge in [0.1, 0.15) is 13.2 Å². The van der Waals surface area contributed by atoms with E-state index in [2.05, 4.69) is 55.4 Å². The van der Waals surface area contributed by atoms with E-state index in [-0.39, 0.29) is 38.0 Å². The fourth-order valence-corrected chi connectivity index (χ4v) is 5.86. The molecule has 0 spiro atoms. The Morgan fingerprint density at radius 1 is 0.380 bits per heavy atom. The van der Waals surface area contributed by atoms with Gasteiger partial charge >= 0.3 is 11.9 Å². The van der Waals surface area contributed by atoms with Crippen LogP contribution in [0.2, 0.25) is 0 Å². The lowest BCUT2D eigenvalue weighted by molar-refractivity contribution is -0.192. The molecule has 8 heteroatoms. The van der Waals surface area contributed by atoms with E-state index in [4.69, 9.17) is 28.4 Å². The molecule has 0 saturated heterocycles. The van der Waals surface area contributed by atoms with Gasteiger partial charge in [0.25, 0.3) is 0 Å². The van der Waals surface area contributed by atoms with Crippen molar-refractivity contribution in [3.05, 3.63) is 0 Å². The van der Waals surface area contributed by atoms with Crippen molar-refractivity contribution < 1.29 is 38.0 Å². The van der Waals surface area contributed by atoms with Gasteiger partial charge in [0, 0.05) is 12.8 Å². The van der Waals surface area contributed by atoms with E-state index in [1.807, 2.05) is 0 Å². The molecule has 0 heterocycles. The van der Waals surface area contributed by atoms with Crippen molar-refractivity contribution in [3.8, 4) is 0 Å². The van der Waals surface area contributed by atoms with E-state index < -0.39 is 12.6 Å². The third-order valence-corrected chi connectivity index (χ3v) is 10.0. The van der Waals surface area contributed by atoms with E-state index in [0.29, 0.717) is 62.9 Å². The summed E-state index contributed by atoms with van der Waals surface area (Å²) in [5.74, 6) is 1.32. The zero-order valence-corrected chi connectivity index (χ0v) is 34.1. The molecule has 298 valence electrons. The molecule has 0 aromatic rings. The maximum absolute atomic E-state index is 12.6. The van der Waals surface area contributed by atoms with Gasteiger partial charge in [-0.05, 0) is 62.2 Å². The largest absolute Gasteiger partial charge is 0.460 e. The number of ether oxygens (including phenoxy) is 6. The van der Waals surface area contributed by atoms with Crippen LogP contribution in [0.3, 0.4) is 0 Å². The minimum Gasteiger partial charge on any atom is -0.460 e. The summed E-state index contributed by atoms with van der Waals surface area (Å²) < 4.78 is 35.9. The smallest absolute Gasteiger partial charge is 0.305 e. The van der Waals surface area contributed by atoms with Crippen LogP contribution in [-0.2, 0) is 38.0 Å². The highest BCUT2D eigenvalue weighted by atomic mass is 16.7. The highest BCUT2D eigenvalue weighted by Gasteiger charge is 2.20. The molecule has 0 aromatic carbocycles. The number of rotatable bonds is 37. The molecular formula is C42H82O8. The molecule has 0 rings (SSSR count). The molecule has 0 bridgehead atoms. The molecule has 4 unspecified atom stereocenters. The second-order valence-corrected chi connectivity index (χ2v) is 14.4. The Morgan fingerprint density at radius 2 is 0.640 bits per heavy atom. The summed E-state index contributed by atoms with van der Waals surface area (Å²) in [6, 6.07) is 0. The first-order valence-electron chi connectivity index (χ1n) is 21.1. The number of hydrogen-bond acceptors (Lipinski definition) is 8. The van der Waals surface area contributed by atoms with Gasteiger partial charge in [0.15, 0.2) is 12.6 Å². The van der Waals surface area contributed by atoms with Crippen molar-refractivity contribution >= 4 is 11.9 Å². The van der Waals surface area contributed by atoms with Crippen LogP contribution >= 0.6 is 0 Å².